The molecule has 0 aromatic heterocycles. The summed E-state index contributed by atoms with van der Waals surface area (Å²) >= 11 is 0. The Morgan fingerprint density at radius 3 is 2.19 bits per heavy atom. The van der Waals surface area contributed by atoms with Crippen molar-refractivity contribution >= 4 is 0 Å². The molecule has 0 radical (unpaired) electrons. The first kappa shape index (κ1) is 12.6. The minimum absolute atomic E-state index is 0.161. The van der Waals surface area contributed by atoms with Gasteiger partial charge in [-0.1, -0.05) is 0 Å². The smallest absolute Gasteiger partial charge is 0.203 e. The fourth-order valence-electron chi connectivity index (χ4n) is 1.51. The Bertz CT molecular complexity index is 354. The van der Waals surface area contributed by atoms with Crippen LogP contribution in [0.4, 0.5) is 0 Å². The van der Waals surface area contributed by atoms with Gasteiger partial charge in [0.1, 0.15) is 0 Å². The summed E-state index contributed by atoms with van der Waals surface area (Å²) in [5.74, 6) is 1.53. The van der Waals surface area contributed by atoms with E-state index in [9.17, 15) is 0 Å². The number of hydrogen-bond donors (Lipinski definition) is 2. The third-order valence-corrected chi connectivity index (χ3v) is 2.33. The van der Waals surface area contributed by atoms with Crippen molar-refractivity contribution in [3.8, 4) is 17.2 Å². The standard InChI is InChI=1S/C11H17NO4/c1-14-9-5-4-7(8(12)6-13)10(15-2)11(9)16-3/h4-5,8,13H,6,12H2,1-3H3/t8-/m0/s1. The number of methoxy groups -OCH3 is 3. The lowest BCUT2D eigenvalue weighted by Crippen LogP contribution is -2.16. The molecule has 1 rings (SSSR count). The molecule has 5 nitrogen and oxygen atoms in total. The van der Waals surface area contributed by atoms with Crippen LogP contribution in [-0.4, -0.2) is 33.0 Å². The molecular formula is C11H17NO4. The molecule has 90 valence electrons. The van der Waals surface area contributed by atoms with E-state index in [2.05, 4.69) is 0 Å². The van der Waals surface area contributed by atoms with Gasteiger partial charge in [0, 0.05) is 5.56 Å². The zero-order chi connectivity index (χ0) is 12.1. The predicted molar refractivity (Wildman–Crippen MR) is 60.1 cm³/mol. The second kappa shape index (κ2) is 5.58. The highest BCUT2D eigenvalue weighted by atomic mass is 16.5. The largest absolute Gasteiger partial charge is 0.493 e. The first-order valence-corrected chi connectivity index (χ1v) is 4.84. The summed E-state index contributed by atoms with van der Waals surface area (Å²) in [4.78, 5) is 0. The summed E-state index contributed by atoms with van der Waals surface area (Å²) in [6.45, 7) is -0.161. The van der Waals surface area contributed by atoms with Crippen LogP contribution in [0.2, 0.25) is 0 Å². The quantitative estimate of drug-likeness (QED) is 0.774. The van der Waals surface area contributed by atoms with Crippen molar-refractivity contribution in [1.29, 1.82) is 0 Å². The van der Waals surface area contributed by atoms with Crippen LogP contribution in [0.15, 0.2) is 12.1 Å². The second-order valence-electron chi connectivity index (χ2n) is 3.21. The van der Waals surface area contributed by atoms with Gasteiger partial charge in [0.2, 0.25) is 5.75 Å². The van der Waals surface area contributed by atoms with E-state index in [0.29, 0.717) is 22.8 Å². The molecule has 0 aliphatic heterocycles. The fraction of sp³-hybridized carbons (Fsp3) is 0.455. The number of hydrogen-bond acceptors (Lipinski definition) is 5. The molecule has 0 bridgehead atoms. The summed E-state index contributed by atoms with van der Waals surface area (Å²) in [6, 6.07) is 2.97. The summed E-state index contributed by atoms with van der Waals surface area (Å²) in [5, 5.41) is 9.05. The van der Waals surface area contributed by atoms with E-state index in [0.717, 1.165) is 0 Å². The number of ether oxygens (including phenoxy) is 3. The molecule has 5 heteroatoms. The minimum Gasteiger partial charge on any atom is -0.493 e. The van der Waals surface area contributed by atoms with Crippen molar-refractivity contribution in [2.75, 3.05) is 27.9 Å². The maximum Gasteiger partial charge on any atom is 0.203 e. The normalized spacial score (nSPS) is 12.1. The SMILES string of the molecule is COc1ccc([C@@H](N)CO)c(OC)c1OC. The Hall–Kier alpha value is -1.46. The van der Waals surface area contributed by atoms with E-state index < -0.39 is 6.04 Å². The molecule has 0 unspecified atom stereocenters. The molecule has 0 aliphatic rings. The number of nitrogens with two attached hydrogens (primary N) is 1. The lowest BCUT2D eigenvalue weighted by atomic mass is 10.1. The Morgan fingerprint density at radius 2 is 1.75 bits per heavy atom. The molecular weight excluding hydrogens is 210 g/mol. The molecule has 0 amide bonds. The zero-order valence-corrected chi connectivity index (χ0v) is 9.69. The summed E-state index contributed by atoms with van der Waals surface area (Å²) in [6.07, 6.45) is 0. The first-order chi connectivity index (χ1) is 7.69. The fourth-order valence-corrected chi connectivity index (χ4v) is 1.51. The number of benzene rings is 1. The second-order valence-corrected chi connectivity index (χ2v) is 3.21. The van der Waals surface area contributed by atoms with Crippen molar-refractivity contribution in [3.63, 3.8) is 0 Å². The van der Waals surface area contributed by atoms with E-state index >= 15 is 0 Å². The van der Waals surface area contributed by atoms with Gasteiger partial charge in [-0.15, -0.1) is 0 Å². The van der Waals surface area contributed by atoms with Crippen LogP contribution >= 0.6 is 0 Å². The van der Waals surface area contributed by atoms with Gasteiger partial charge in [-0.3, -0.25) is 0 Å². The zero-order valence-electron chi connectivity index (χ0n) is 9.69. The maximum atomic E-state index is 9.05. The molecule has 16 heavy (non-hydrogen) atoms. The average molecular weight is 227 g/mol. The highest BCUT2D eigenvalue weighted by molar-refractivity contribution is 5.56. The van der Waals surface area contributed by atoms with Crippen LogP contribution < -0.4 is 19.9 Å². The number of rotatable bonds is 5. The predicted octanol–water partition coefficient (Wildman–Crippen LogP) is 0.705. The monoisotopic (exact) mass is 227 g/mol. The van der Waals surface area contributed by atoms with Gasteiger partial charge >= 0.3 is 0 Å². The molecule has 0 fully saturated rings. The van der Waals surface area contributed by atoms with Gasteiger partial charge in [0.25, 0.3) is 0 Å². The molecule has 0 heterocycles. The van der Waals surface area contributed by atoms with Crippen LogP contribution in [-0.2, 0) is 0 Å². The lowest BCUT2D eigenvalue weighted by Gasteiger charge is -2.18. The van der Waals surface area contributed by atoms with E-state index in [1.165, 1.54) is 14.2 Å². The molecule has 3 N–H and O–H groups in total. The van der Waals surface area contributed by atoms with Gasteiger partial charge < -0.3 is 25.1 Å². The van der Waals surface area contributed by atoms with Crippen molar-refractivity contribution < 1.29 is 19.3 Å². The van der Waals surface area contributed by atoms with Gasteiger partial charge in [-0.05, 0) is 12.1 Å². The van der Waals surface area contributed by atoms with Crippen molar-refractivity contribution in [3.05, 3.63) is 17.7 Å². The third kappa shape index (κ3) is 2.20. The summed E-state index contributed by atoms with van der Waals surface area (Å²) in [5.41, 5.74) is 6.44. The minimum atomic E-state index is -0.505. The van der Waals surface area contributed by atoms with Crippen LogP contribution in [0.3, 0.4) is 0 Å². The molecule has 0 saturated carbocycles. The van der Waals surface area contributed by atoms with Crippen molar-refractivity contribution in [1.82, 2.24) is 0 Å². The topological polar surface area (TPSA) is 73.9 Å². The van der Waals surface area contributed by atoms with E-state index in [4.69, 9.17) is 25.1 Å². The average Bonchev–Trinajstić information content (AvgIpc) is 2.35. The van der Waals surface area contributed by atoms with Gasteiger partial charge in [0.15, 0.2) is 11.5 Å². The Kier molecular flexibility index (Phi) is 4.39. The highest BCUT2D eigenvalue weighted by Crippen LogP contribution is 2.41. The number of aliphatic hydroxyl groups is 1. The molecule has 1 aromatic rings. The third-order valence-electron chi connectivity index (χ3n) is 2.33. The molecule has 0 spiro atoms. The van der Waals surface area contributed by atoms with Crippen LogP contribution in [0.1, 0.15) is 11.6 Å². The first-order valence-electron chi connectivity index (χ1n) is 4.84. The van der Waals surface area contributed by atoms with Crippen molar-refractivity contribution in [2.45, 2.75) is 6.04 Å². The van der Waals surface area contributed by atoms with E-state index in [1.54, 1.807) is 19.2 Å². The lowest BCUT2D eigenvalue weighted by molar-refractivity contribution is 0.262. The van der Waals surface area contributed by atoms with Gasteiger partial charge in [-0.2, -0.15) is 0 Å². The Morgan fingerprint density at radius 1 is 1.12 bits per heavy atom. The van der Waals surface area contributed by atoms with Crippen LogP contribution in [0.25, 0.3) is 0 Å². The summed E-state index contributed by atoms with van der Waals surface area (Å²) in [7, 11) is 4.59. The molecule has 0 saturated heterocycles. The Balaban J connectivity index is 3.31. The molecule has 1 aromatic carbocycles. The van der Waals surface area contributed by atoms with E-state index in [-0.39, 0.29) is 6.61 Å². The molecule has 0 aliphatic carbocycles. The highest BCUT2D eigenvalue weighted by Gasteiger charge is 2.19. The Labute approximate surface area is 94.7 Å². The van der Waals surface area contributed by atoms with Gasteiger partial charge in [-0.25, -0.2) is 0 Å². The van der Waals surface area contributed by atoms with E-state index in [1.807, 2.05) is 0 Å². The maximum absolute atomic E-state index is 9.05. The molecule has 1 atom stereocenters. The number of aliphatic hydroxyl groups excluding tert-OH is 1. The van der Waals surface area contributed by atoms with Crippen molar-refractivity contribution in [2.24, 2.45) is 5.73 Å². The van der Waals surface area contributed by atoms with Gasteiger partial charge in [0.05, 0.1) is 34.0 Å². The van der Waals surface area contributed by atoms with Crippen LogP contribution in [0, 0.1) is 0 Å². The van der Waals surface area contributed by atoms with Crippen LogP contribution in [0.5, 0.6) is 17.2 Å². The summed E-state index contributed by atoms with van der Waals surface area (Å²) < 4.78 is 15.6.